The van der Waals surface area contributed by atoms with Crippen LogP contribution in [-0.4, -0.2) is 89.8 Å². The van der Waals surface area contributed by atoms with E-state index in [1.807, 2.05) is 14.1 Å². The summed E-state index contributed by atoms with van der Waals surface area (Å²) in [6.07, 6.45) is 7.57. The van der Waals surface area contributed by atoms with E-state index in [1.165, 1.54) is 4.90 Å². The smallest absolute Gasteiger partial charge is 0.414 e. The average Bonchev–Trinajstić information content (AvgIpc) is 3.49. The van der Waals surface area contributed by atoms with Gasteiger partial charge in [-0.25, -0.2) is 9.86 Å². The minimum absolute atomic E-state index is 0.0682. The summed E-state index contributed by atoms with van der Waals surface area (Å²) >= 11 is 0. The van der Waals surface area contributed by atoms with Crippen LogP contribution in [0.2, 0.25) is 0 Å². The van der Waals surface area contributed by atoms with E-state index in [2.05, 4.69) is 10.2 Å². The SMILES string of the molecule is CN(C)C1CCC(OC(=O)NC(=O)[C@@H]2CCCN2C(=O)C(CN(O)C=O)C2CCCC2)CC1. The molecule has 1 saturated heterocycles. The number of hydrogen-bond acceptors (Lipinski definition) is 7. The van der Waals surface area contributed by atoms with Gasteiger partial charge >= 0.3 is 6.09 Å². The van der Waals surface area contributed by atoms with E-state index < -0.39 is 24.0 Å². The monoisotopic (exact) mass is 466 g/mol. The lowest BCUT2D eigenvalue weighted by molar-refractivity contribution is -0.159. The summed E-state index contributed by atoms with van der Waals surface area (Å²) in [5.41, 5.74) is 0. The average molecular weight is 467 g/mol. The van der Waals surface area contributed by atoms with Gasteiger partial charge < -0.3 is 14.5 Å². The van der Waals surface area contributed by atoms with Gasteiger partial charge in [0.05, 0.1) is 12.5 Å². The number of alkyl carbamates (subject to hydrolysis) is 1. The summed E-state index contributed by atoms with van der Waals surface area (Å²) in [5, 5.41) is 12.6. The maximum absolute atomic E-state index is 13.4. The molecule has 4 amide bonds. The maximum atomic E-state index is 13.4. The Labute approximate surface area is 195 Å². The molecule has 33 heavy (non-hydrogen) atoms. The van der Waals surface area contributed by atoms with Crippen LogP contribution < -0.4 is 5.32 Å². The van der Waals surface area contributed by atoms with E-state index in [0.717, 1.165) is 51.4 Å². The summed E-state index contributed by atoms with van der Waals surface area (Å²) in [6, 6.07) is -0.267. The molecule has 3 aliphatic rings. The highest BCUT2D eigenvalue weighted by Crippen LogP contribution is 2.34. The Morgan fingerprint density at radius 2 is 1.73 bits per heavy atom. The third kappa shape index (κ3) is 6.66. The van der Waals surface area contributed by atoms with Crippen LogP contribution in [-0.2, 0) is 19.1 Å². The van der Waals surface area contributed by atoms with Gasteiger partial charge in [-0.15, -0.1) is 0 Å². The van der Waals surface area contributed by atoms with Crippen molar-refractivity contribution in [1.82, 2.24) is 20.2 Å². The summed E-state index contributed by atoms with van der Waals surface area (Å²) in [5.74, 6) is -1.27. The van der Waals surface area contributed by atoms with Crippen molar-refractivity contribution < 1.29 is 29.1 Å². The number of rotatable bonds is 8. The number of nitrogens with zero attached hydrogens (tertiary/aromatic N) is 3. The fraction of sp³-hybridized carbons (Fsp3) is 0.826. The Hall–Kier alpha value is -2.20. The highest BCUT2D eigenvalue weighted by Gasteiger charge is 2.41. The molecule has 1 aliphatic heterocycles. The fourth-order valence-electron chi connectivity index (χ4n) is 5.59. The number of likely N-dealkylation sites (tertiary alicyclic amines) is 1. The molecule has 2 aliphatic carbocycles. The molecule has 186 valence electrons. The van der Waals surface area contributed by atoms with Gasteiger partial charge in [0.1, 0.15) is 12.1 Å². The molecule has 0 aromatic carbocycles. The van der Waals surface area contributed by atoms with E-state index >= 15 is 0 Å². The number of amides is 4. The van der Waals surface area contributed by atoms with Gasteiger partial charge in [0.2, 0.25) is 12.3 Å². The molecule has 10 heteroatoms. The first-order valence-corrected chi connectivity index (χ1v) is 12.2. The van der Waals surface area contributed by atoms with Gasteiger partial charge in [-0.2, -0.15) is 0 Å². The molecular formula is C23H38N4O6. The molecule has 3 rings (SSSR count). The van der Waals surface area contributed by atoms with Crippen LogP contribution in [0.5, 0.6) is 0 Å². The van der Waals surface area contributed by atoms with E-state index in [-0.39, 0.29) is 24.5 Å². The molecule has 0 bridgehead atoms. The maximum Gasteiger partial charge on any atom is 0.414 e. The third-order valence-electron chi connectivity index (χ3n) is 7.50. The lowest BCUT2D eigenvalue weighted by Crippen LogP contribution is -2.51. The molecule has 0 spiro atoms. The summed E-state index contributed by atoms with van der Waals surface area (Å²) in [7, 11) is 4.08. The number of carbonyl (C=O) groups excluding carboxylic acids is 4. The Bertz CT molecular complexity index is 703. The lowest BCUT2D eigenvalue weighted by atomic mass is 9.89. The molecule has 2 N–H and O–H groups in total. The van der Waals surface area contributed by atoms with Crippen LogP contribution in [0, 0.1) is 11.8 Å². The second-order valence-electron chi connectivity index (χ2n) is 9.86. The molecule has 3 fully saturated rings. The molecule has 10 nitrogen and oxygen atoms in total. The Morgan fingerprint density at radius 3 is 2.33 bits per heavy atom. The second-order valence-corrected chi connectivity index (χ2v) is 9.86. The summed E-state index contributed by atoms with van der Waals surface area (Å²) in [6.45, 7) is 0.325. The zero-order valence-electron chi connectivity index (χ0n) is 19.8. The van der Waals surface area contributed by atoms with Gasteiger partial charge in [0.25, 0.3) is 5.91 Å². The van der Waals surface area contributed by atoms with E-state index in [0.29, 0.717) is 36.9 Å². The van der Waals surface area contributed by atoms with Crippen molar-refractivity contribution in [2.45, 2.75) is 82.4 Å². The lowest BCUT2D eigenvalue weighted by Gasteiger charge is -2.33. The normalized spacial score (nSPS) is 26.8. The van der Waals surface area contributed by atoms with Gasteiger partial charge in [-0.3, -0.25) is 24.9 Å². The molecular weight excluding hydrogens is 428 g/mol. The van der Waals surface area contributed by atoms with Crippen molar-refractivity contribution in [3.8, 4) is 0 Å². The third-order valence-corrected chi connectivity index (χ3v) is 7.50. The van der Waals surface area contributed by atoms with Crippen LogP contribution in [0.15, 0.2) is 0 Å². The first-order chi connectivity index (χ1) is 15.8. The van der Waals surface area contributed by atoms with Crippen LogP contribution in [0.1, 0.15) is 64.2 Å². The first-order valence-electron chi connectivity index (χ1n) is 12.2. The molecule has 0 aromatic heterocycles. The zero-order valence-corrected chi connectivity index (χ0v) is 19.8. The molecule has 2 saturated carbocycles. The van der Waals surface area contributed by atoms with Crippen LogP contribution in [0.25, 0.3) is 0 Å². The Morgan fingerprint density at radius 1 is 1.06 bits per heavy atom. The van der Waals surface area contributed by atoms with Gasteiger partial charge in [-0.1, -0.05) is 12.8 Å². The minimum atomic E-state index is -0.762. The molecule has 2 atom stereocenters. The highest BCUT2D eigenvalue weighted by molar-refractivity contribution is 5.97. The largest absolute Gasteiger partial charge is 0.446 e. The first kappa shape index (κ1) is 25.4. The van der Waals surface area contributed by atoms with Crippen molar-refractivity contribution in [2.75, 3.05) is 27.2 Å². The number of hydroxylamine groups is 2. The molecule has 1 heterocycles. The standard InChI is InChI=1S/C23H38N4O6/c1-25(2)17-9-11-18(12-10-17)33-23(31)24-21(29)20-8-5-13-27(20)22(30)19(14-26(32)15-28)16-6-3-4-7-16/h15-20,32H,3-14H2,1-2H3,(H,24,29,31)/t17?,18?,19?,20-/m0/s1. The van der Waals surface area contributed by atoms with E-state index in [1.54, 1.807) is 0 Å². The van der Waals surface area contributed by atoms with Crippen molar-refractivity contribution in [3.63, 3.8) is 0 Å². The summed E-state index contributed by atoms with van der Waals surface area (Å²) < 4.78 is 5.47. The van der Waals surface area contributed by atoms with Crippen molar-refractivity contribution >= 4 is 24.3 Å². The van der Waals surface area contributed by atoms with Crippen LogP contribution in [0.3, 0.4) is 0 Å². The summed E-state index contributed by atoms with van der Waals surface area (Å²) in [4.78, 5) is 53.2. The molecule has 1 unspecified atom stereocenters. The minimum Gasteiger partial charge on any atom is -0.446 e. The number of nitrogens with one attached hydrogen (secondary N) is 1. The predicted octanol–water partition coefficient (Wildman–Crippen LogP) is 1.76. The molecule has 0 radical (unpaired) electrons. The van der Waals surface area contributed by atoms with Crippen LogP contribution >= 0.6 is 0 Å². The highest BCUT2D eigenvalue weighted by atomic mass is 16.6. The number of hydrogen-bond donors (Lipinski definition) is 2. The number of ether oxygens (including phenoxy) is 1. The van der Waals surface area contributed by atoms with E-state index in [4.69, 9.17) is 4.74 Å². The fourth-order valence-corrected chi connectivity index (χ4v) is 5.59. The second kappa shape index (κ2) is 11.8. The number of carbonyl (C=O) groups is 4. The quantitative estimate of drug-likeness (QED) is 0.318. The van der Waals surface area contributed by atoms with Crippen LogP contribution in [0.4, 0.5) is 4.79 Å². The van der Waals surface area contributed by atoms with Gasteiger partial charge in [0, 0.05) is 12.6 Å². The number of imide groups is 1. The predicted molar refractivity (Wildman–Crippen MR) is 119 cm³/mol. The zero-order chi connectivity index (χ0) is 24.0. The Balaban J connectivity index is 1.55. The Kier molecular flexibility index (Phi) is 9.08. The van der Waals surface area contributed by atoms with E-state index in [9.17, 15) is 24.4 Å². The van der Waals surface area contributed by atoms with Crippen molar-refractivity contribution in [3.05, 3.63) is 0 Å². The molecule has 0 aromatic rings. The van der Waals surface area contributed by atoms with Gasteiger partial charge in [0.15, 0.2) is 0 Å². The van der Waals surface area contributed by atoms with Crippen molar-refractivity contribution in [2.24, 2.45) is 11.8 Å². The van der Waals surface area contributed by atoms with Crippen molar-refractivity contribution in [1.29, 1.82) is 0 Å². The topological polar surface area (TPSA) is 119 Å². The van der Waals surface area contributed by atoms with Gasteiger partial charge in [-0.05, 0) is 71.4 Å².